The van der Waals surface area contributed by atoms with Crippen LogP contribution in [0.1, 0.15) is 43.5 Å². The summed E-state index contributed by atoms with van der Waals surface area (Å²) < 4.78 is 5.06. The van der Waals surface area contributed by atoms with E-state index in [4.69, 9.17) is 10.5 Å². The topological polar surface area (TPSA) is 64.3 Å². The van der Waals surface area contributed by atoms with Gasteiger partial charge in [-0.15, -0.1) is 0 Å². The summed E-state index contributed by atoms with van der Waals surface area (Å²) in [6.07, 6.45) is 3.73. The lowest BCUT2D eigenvalue weighted by Gasteiger charge is -2.39. The second-order valence-electron chi connectivity index (χ2n) is 5.51. The molecule has 4 heteroatoms. The van der Waals surface area contributed by atoms with E-state index in [1.165, 1.54) is 19.3 Å². The third kappa shape index (κ3) is 3.00. The average Bonchev–Trinajstić information content (AvgIpc) is 2.35. The molecule has 0 unspecified atom stereocenters. The molecule has 0 aromatic heterocycles. The Morgan fingerprint density at radius 1 is 1.47 bits per heavy atom. The van der Waals surface area contributed by atoms with Crippen LogP contribution in [-0.4, -0.2) is 19.1 Å². The van der Waals surface area contributed by atoms with Crippen LogP contribution >= 0.6 is 0 Å². The van der Waals surface area contributed by atoms with Gasteiger partial charge < -0.3 is 15.8 Å². The van der Waals surface area contributed by atoms with E-state index in [2.05, 4.69) is 12.2 Å². The number of anilines is 2. The van der Waals surface area contributed by atoms with Gasteiger partial charge in [0.05, 0.1) is 23.5 Å². The Labute approximate surface area is 114 Å². The van der Waals surface area contributed by atoms with Crippen molar-refractivity contribution >= 4 is 17.3 Å². The fourth-order valence-corrected chi connectivity index (χ4v) is 2.41. The SMILES string of the molecule is CCOC(=O)c1cccc(N)c1NCC1(C)CCC1. The molecule has 0 atom stereocenters. The molecule has 2 rings (SSSR count). The van der Waals surface area contributed by atoms with Gasteiger partial charge in [0, 0.05) is 6.54 Å². The highest BCUT2D eigenvalue weighted by Crippen LogP contribution is 2.40. The number of ether oxygens (including phenoxy) is 1. The Morgan fingerprint density at radius 3 is 2.79 bits per heavy atom. The Kier molecular flexibility index (Phi) is 3.98. The van der Waals surface area contributed by atoms with Gasteiger partial charge in [-0.3, -0.25) is 0 Å². The molecule has 1 saturated carbocycles. The van der Waals surface area contributed by atoms with Crippen LogP contribution in [0.25, 0.3) is 0 Å². The number of para-hydroxylation sites is 1. The molecule has 1 aromatic carbocycles. The van der Waals surface area contributed by atoms with E-state index in [9.17, 15) is 4.79 Å². The number of carbonyl (C=O) groups is 1. The largest absolute Gasteiger partial charge is 0.462 e. The predicted molar refractivity (Wildman–Crippen MR) is 77.3 cm³/mol. The molecule has 104 valence electrons. The van der Waals surface area contributed by atoms with Gasteiger partial charge in [0.15, 0.2) is 0 Å². The zero-order valence-corrected chi connectivity index (χ0v) is 11.7. The number of hydrogen-bond acceptors (Lipinski definition) is 4. The molecule has 4 nitrogen and oxygen atoms in total. The van der Waals surface area contributed by atoms with Crippen LogP contribution in [0.2, 0.25) is 0 Å². The van der Waals surface area contributed by atoms with Crippen LogP contribution in [0.5, 0.6) is 0 Å². The number of esters is 1. The first kappa shape index (κ1) is 13.7. The Bertz CT molecular complexity index is 467. The van der Waals surface area contributed by atoms with Gasteiger partial charge in [-0.25, -0.2) is 4.79 Å². The summed E-state index contributed by atoms with van der Waals surface area (Å²) in [5.74, 6) is -0.323. The summed E-state index contributed by atoms with van der Waals surface area (Å²) in [6, 6.07) is 5.33. The molecular formula is C15H22N2O2. The summed E-state index contributed by atoms with van der Waals surface area (Å²) in [4.78, 5) is 11.9. The Morgan fingerprint density at radius 2 is 2.21 bits per heavy atom. The summed E-state index contributed by atoms with van der Waals surface area (Å²) in [6.45, 7) is 5.26. The minimum Gasteiger partial charge on any atom is -0.462 e. The molecule has 0 spiro atoms. The van der Waals surface area contributed by atoms with Crippen LogP contribution < -0.4 is 11.1 Å². The summed E-state index contributed by atoms with van der Waals surface area (Å²) in [7, 11) is 0. The third-order valence-corrected chi connectivity index (χ3v) is 3.84. The monoisotopic (exact) mass is 262 g/mol. The smallest absolute Gasteiger partial charge is 0.340 e. The molecule has 0 radical (unpaired) electrons. The first-order valence-corrected chi connectivity index (χ1v) is 6.85. The van der Waals surface area contributed by atoms with Gasteiger partial charge in [0.25, 0.3) is 0 Å². The molecule has 0 aliphatic heterocycles. The van der Waals surface area contributed by atoms with Crippen molar-refractivity contribution in [3.05, 3.63) is 23.8 Å². The number of rotatable bonds is 5. The number of nitrogens with one attached hydrogen (secondary N) is 1. The first-order valence-electron chi connectivity index (χ1n) is 6.85. The van der Waals surface area contributed by atoms with E-state index < -0.39 is 0 Å². The zero-order valence-electron chi connectivity index (χ0n) is 11.7. The lowest BCUT2D eigenvalue weighted by atomic mass is 9.70. The van der Waals surface area contributed by atoms with Gasteiger partial charge in [-0.2, -0.15) is 0 Å². The summed E-state index contributed by atoms with van der Waals surface area (Å²) >= 11 is 0. The van der Waals surface area contributed by atoms with E-state index in [0.29, 0.717) is 29.0 Å². The molecular weight excluding hydrogens is 240 g/mol. The van der Waals surface area contributed by atoms with Crippen LogP contribution in [0.3, 0.4) is 0 Å². The van der Waals surface area contributed by atoms with E-state index in [0.717, 1.165) is 6.54 Å². The van der Waals surface area contributed by atoms with Crippen molar-refractivity contribution in [3.63, 3.8) is 0 Å². The predicted octanol–water partition coefficient (Wildman–Crippen LogP) is 3.05. The number of benzene rings is 1. The number of carbonyl (C=O) groups excluding carboxylic acids is 1. The lowest BCUT2D eigenvalue weighted by molar-refractivity contribution is 0.0527. The van der Waals surface area contributed by atoms with Gasteiger partial charge in [0.1, 0.15) is 0 Å². The van der Waals surface area contributed by atoms with Crippen LogP contribution in [0, 0.1) is 5.41 Å². The quantitative estimate of drug-likeness (QED) is 0.632. The number of nitrogen functional groups attached to an aromatic ring is 1. The molecule has 0 amide bonds. The number of hydrogen-bond donors (Lipinski definition) is 2. The highest BCUT2D eigenvalue weighted by molar-refractivity contribution is 5.98. The molecule has 1 aliphatic rings. The third-order valence-electron chi connectivity index (χ3n) is 3.84. The maximum atomic E-state index is 11.9. The molecule has 1 aliphatic carbocycles. The van der Waals surface area contributed by atoms with Crippen LogP contribution in [0.4, 0.5) is 11.4 Å². The van der Waals surface area contributed by atoms with Gasteiger partial charge in [0.2, 0.25) is 0 Å². The summed E-state index contributed by atoms with van der Waals surface area (Å²) in [5, 5.41) is 3.34. The van der Waals surface area contributed by atoms with Gasteiger partial charge >= 0.3 is 5.97 Å². The maximum absolute atomic E-state index is 11.9. The van der Waals surface area contributed by atoms with Crippen molar-refractivity contribution < 1.29 is 9.53 Å². The van der Waals surface area contributed by atoms with Crippen molar-refractivity contribution in [3.8, 4) is 0 Å². The van der Waals surface area contributed by atoms with E-state index in [1.54, 1.807) is 25.1 Å². The molecule has 0 saturated heterocycles. The molecule has 3 N–H and O–H groups in total. The molecule has 0 bridgehead atoms. The average molecular weight is 262 g/mol. The fourth-order valence-electron chi connectivity index (χ4n) is 2.41. The van der Waals surface area contributed by atoms with Crippen molar-refractivity contribution in [1.82, 2.24) is 0 Å². The molecule has 19 heavy (non-hydrogen) atoms. The first-order chi connectivity index (χ1) is 9.06. The second-order valence-corrected chi connectivity index (χ2v) is 5.51. The molecule has 1 aromatic rings. The molecule has 1 fully saturated rings. The van der Waals surface area contributed by atoms with Crippen LogP contribution in [0.15, 0.2) is 18.2 Å². The van der Waals surface area contributed by atoms with Crippen molar-refractivity contribution in [2.45, 2.75) is 33.1 Å². The minimum atomic E-state index is -0.323. The Balaban J connectivity index is 2.15. The fraction of sp³-hybridized carbons (Fsp3) is 0.533. The van der Waals surface area contributed by atoms with Crippen molar-refractivity contribution in [2.24, 2.45) is 5.41 Å². The lowest BCUT2D eigenvalue weighted by Crippen LogP contribution is -2.33. The van der Waals surface area contributed by atoms with Crippen molar-refractivity contribution in [1.29, 1.82) is 0 Å². The number of nitrogens with two attached hydrogens (primary N) is 1. The summed E-state index contributed by atoms with van der Waals surface area (Å²) in [5.41, 5.74) is 8.11. The molecule has 0 heterocycles. The Hall–Kier alpha value is -1.71. The maximum Gasteiger partial charge on any atom is 0.340 e. The highest BCUT2D eigenvalue weighted by Gasteiger charge is 2.31. The van der Waals surface area contributed by atoms with E-state index >= 15 is 0 Å². The van der Waals surface area contributed by atoms with E-state index in [1.807, 2.05) is 0 Å². The van der Waals surface area contributed by atoms with Gasteiger partial charge in [-0.05, 0) is 37.3 Å². The van der Waals surface area contributed by atoms with Crippen LogP contribution in [-0.2, 0) is 4.74 Å². The zero-order chi connectivity index (χ0) is 13.9. The van der Waals surface area contributed by atoms with Gasteiger partial charge in [-0.1, -0.05) is 19.4 Å². The highest BCUT2D eigenvalue weighted by atomic mass is 16.5. The van der Waals surface area contributed by atoms with Crippen molar-refractivity contribution in [2.75, 3.05) is 24.2 Å². The second kappa shape index (κ2) is 5.51. The van der Waals surface area contributed by atoms with E-state index in [-0.39, 0.29) is 5.97 Å². The normalized spacial score (nSPS) is 16.5. The minimum absolute atomic E-state index is 0.323. The standard InChI is InChI=1S/C15H22N2O2/c1-3-19-14(18)11-6-4-7-12(16)13(11)17-10-15(2)8-5-9-15/h4,6-7,17H,3,5,8-10,16H2,1-2H3.